The zero-order valence-corrected chi connectivity index (χ0v) is 23.6. The predicted molar refractivity (Wildman–Crippen MR) is 138 cm³/mol. The number of rotatable bonds is 8. The van der Waals surface area contributed by atoms with E-state index in [0.717, 1.165) is 19.2 Å². The Bertz CT molecular complexity index is 1200. The van der Waals surface area contributed by atoms with Crippen molar-refractivity contribution in [2.45, 2.75) is 83.2 Å². The number of ether oxygens (including phenoxy) is 2. The molecule has 1 saturated carbocycles. The fourth-order valence-electron chi connectivity index (χ4n) is 4.40. The van der Waals surface area contributed by atoms with Crippen LogP contribution in [-0.4, -0.2) is 54.8 Å². The Hall–Kier alpha value is -3.78. The number of alkyl halides is 3. The molecule has 1 aromatic carbocycles. The van der Waals surface area contributed by atoms with Gasteiger partial charge in [0.15, 0.2) is 0 Å². The molecule has 0 unspecified atom stereocenters. The number of esters is 1. The van der Waals surface area contributed by atoms with Gasteiger partial charge in [0.1, 0.15) is 23.5 Å². The van der Waals surface area contributed by atoms with Crippen LogP contribution < -0.4 is 16.0 Å². The van der Waals surface area contributed by atoms with Crippen molar-refractivity contribution in [1.82, 2.24) is 10.6 Å². The lowest BCUT2D eigenvalue weighted by molar-refractivity contribution is -0.176. The van der Waals surface area contributed by atoms with Crippen molar-refractivity contribution in [3.05, 3.63) is 41.2 Å². The number of nitrogens with one attached hydrogen (secondary N) is 3. The van der Waals surface area contributed by atoms with E-state index in [-0.39, 0.29) is 42.5 Å². The summed E-state index contributed by atoms with van der Waals surface area (Å²) in [4.78, 5) is 49.2. The molecule has 0 bridgehead atoms. The summed E-state index contributed by atoms with van der Waals surface area (Å²) >= 11 is 0. The zero-order valence-electron chi connectivity index (χ0n) is 23.6. The van der Waals surface area contributed by atoms with Gasteiger partial charge < -0.3 is 25.4 Å². The van der Waals surface area contributed by atoms with Gasteiger partial charge >= 0.3 is 24.1 Å². The van der Waals surface area contributed by atoms with E-state index < -0.39 is 71.5 Å². The molecule has 0 heterocycles. The van der Waals surface area contributed by atoms with Crippen LogP contribution in [0.2, 0.25) is 0 Å². The Morgan fingerprint density at radius 1 is 1.00 bits per heavy atom. The van der Waals surface area contributed by atoms with Gasteiger partial charge in [0.2, 0.25) is 5.91 Å². The molecule has 2 rings (SSSR count). The van der Waals surface area contributed by atoms with Crippen molar-refractivity contribution in [1.29, 1.82) is 0 Å². The van der Waals surface area contributed by atoms with E-state index >= 15 is 4.39 Å². The standard InChI is InChI=1S/C27H33F6N3O6/c1-13(19(23(38)41-5)35-24(39)27(31,32)33)16-10-11-18(17(28)12-16)34-22(37)20(36-25(40)42-26(2,3)4)14-6-8-15(9-7-14)21(29)30/h10-14,19-20H,6-9H2,1-5H3,(H,34,37)(H,35,39)(H,36,40)/t13-,19+,20-/m0/s1. The molecule has 0 spiro atoms. The normalized spacial score (nSPS) is 17.8. The van der Waals surface area contributed by atoms with Crippen LogP contribution in [0.1, 0.15) is 64.9 Å². The molecule has 0 aromatic heterocycles. The average Bonchev–Trinajstić information content (AvgIpc) is 2.88. The predicted octanol–water partition coefficient (Wildman–Crippen LogP) is 5.32. The maximum atomic E-state index is 15.1. The van der Waals surface area contributed by atoms with E-state index in [1.165, 1.54) is 18.3 Å². The fraction of sp³-hybridized carbons (Fsp3) is 0.556. The molecule has 9 nitrogen and oxygen atoms in total. The Kier molecular flexibility index (Phi) is 11.4. The highest BCUT2D eigenvalue weighted by Crippen LogP contribution is 2.34. The summed E-state index contributed by atoms with van der Waals surface area (Å²) in [7, 11) is 0.903. The summed E-state index contributed by atoms with van der Waals surface area (Å²) in [6.07, 6.45) is -7.75. The number of amides is 3. The van der Waals surface area contributed by atoms with E-state index in [1.54, 1.807) is 20.8 Å². The molecule has 234 valence electrons. The third-order valence-corrected chi connectivity index (χ3v) is 6.60. The van der Waals surface area contributed by atoms with Gasteiger partial charge in [0.05, 0.1) is 12.8 Å². The van der Waals surface area contributed by atoms with Gasteiger partial charge in [-0.05, 0) is 75.6 Å². The number of halogens is 6. The molecule has 1 aromatic rings. The molecule has 1 aliphatic rings. The summed E-state index contributed by atoms with van der Waals surface area (Å²) in [6.45, 7) is 6.06. The van der Waals surface area contributed by atoms with Crippen LogP contribution in [0.25, 0.3) is 0 Å². The Morgan fingerprint density at radius 2 is 1.60 bits per heavy atom. The first-order valence-corrected chi connectivity index (χ1v) is 12.9. The average molecular weight is 610 g/mol. The highest BCUT2D eigenvalue weighted by molar-refractivity contribution is 5.97. The van der Waals surface area contributed by atoms with E-state index in [4.69, 9.17) is 4.74 Å². The van der Waals surface area contributed by atoms with Crippen LogP contribution in [0, 0.1) is 11.7 Å². The fourth-order valence-corrected chi connectivity index (χ4v) is 4.40. The van der Waals surface area contributed by atoms with Gasteiger partial charge in [0, 0.05) is 5.92 Å². The van der Waals surface area contributed by atoms with Crippen molar-refractivity contribution in [3.63, 3.8) is 0 Å². The summed E-state index contributed by atoms with van der Waals surface area (Å²) < 4.78 is 89.1. The van der Waals surface area contributed by atoms with Gasteiger partial charge in [-0.2, -0.15) is 22.0 Å². The minimum Gasteiger partial charge on any atom is -0.467 e. The summed E-state index contributed by atoms with van der Waals surface area (Å²) in [5.41, 5.74) is -1.33. The molecule has 15 heteroatoms. The quantitative estimate of drug-likeness (QED) is 0.271. The Balaban J connectivity index is 2.28. The number of alkyl carbamates (subject to hydrolysis) is 1. The maximum Gasteiger partial charge on any atom is 0.471 e. The first kappa shape index (κ1) is 34.4. The number of carbonyl (C=O) groups excluding carboxylic acids is 4. The highest BCUT2D eigenvalue weighted by Gasteiger charge is 2.42. The first-order chi connectivity index (χ1) is 19.3. The second-order valence-corrected chi connectivity index (χ2v) is 10.8. The zero-order chi connectivity index (χ0) is 32.0. The molecule has 0 aliphatic heterocycles. The van der Waals surface area contributed by atoms with Crippen LogP contribution in [0.15, 0.2) is 29.9 Å². The van der Waals surface area contributed by atoms with Gasteiger partial charge in [0.25, 0.3) is 6.08 Å². The minimum absolute atomic E-state index is 0.0000365. The molecule has 1 aliphatic carbocycles. The van der Waals surface area contributed by atoms with Crippen LogP contribution in [-0.2, 0) is 23.9 Å². The lowest BCUT2D eigenvalue weighted by Crippen LogP contribution is -2.50. The monoisotopic (exact) mass is 609 g/mol. The van der Waals surface area contributed by atoms with Crippen LogP contribution in [0.4, 0.5) is 36.8 Å². The second-order valence-electron chi connectivity index (χ2n) is 10.8. The van der Waals surface area contributed by atoms with Crippen molar-refractivity contribution in [2.24, 2.45) is 5.92 Å². The van der Waals surface area contributed by atoms with Gasteiger partial charge in [-0.3, -0.25) is 9.59 Å². The summed E-state index contributed by atoms with van der Waals surface area (Å²) in [6, 6.07) is 0.0727. The number of anilines is 1. The van der Waals surface area contributed by atoms with Gasteiger partial charge in [-0.15, -0.1) is 0 Å². The molecule has 3 amide bonds. The smallest absolute Gasteiger partial charge is 0.467 e. The molecule has 0 radical (unpaired) electrons. The minimum atomic E-state index is -5.29. The first-order valence-electron chi connectivity index (χ1n) is 12.9. The molecular weight excluding hydrogens is 576 g/mol. The second kappa shape index (κ2) is 13.9. The topological polar surface area (TPSA) is 123 Å². The number of carbonyl (C=O) groups is 4. The third kappa shape index (κ3) is 9.65. The van der Waals surface area contributed by atoms with Crippen molar-refractivity contribution in [2.75, 3.05) is 12.4 Å². The van der Waals surface area contributed by atoms with Gasteiger partial charge in [-0.25, -0.2) is 14.0 Å². The molecule has 42 heavy (non-hydrogen) atoms. The largest absolute Gasteiger partial charge is 0.471 e. The number of methoxy groups -OCH3 is 1. The van der Waals surface area contributed by atoms with Crippen molar-refractivity contribution >= 4 is 29.6 Å². The maximum absolute atomic E-state index is 15.1. The Labute approximate surface area is 238 Å². The molecule has 1 fully saturated rings. The lowest BCUT2D eigenvalue weighted by Gasteiger charge is -2.31. The van der Waals surface area contributed by atoms with Crippen LogP contribution >= 0.6 is 0 Å². The van der Waals surface area contributed by atoms with E-state index in [2.05, 4.69) is 15.4 Å². The van der Waals surface area contributed by atoms with Crippen LogP contribution in [0.5, 0.6) is 0 Å². The van der Waals surface area contributed by atoms with Crippen molar-refractivity contribution in [3.8, 4) is 0 Å². The van der Waals surface area contributed by atoms with Crippen LogP contribution in [0.3, 0.4) is 0 Å². The SMILES string of the molecule is COC(=O)[C@H](NC(=O)C(F)(F)F)[C@@H](C)c1ccc(NC(=O)[C@@H](NC(=O)OC(C)(C)C)C2CCC(=C(F)F)CC2)c(F)c1. The highest BCUT2D eigenvalue weighted by atomic mass is 19.4. The van der Waals surface area contributed by atoms with Gasteiger partial charge in [-0.1, -0.05) is 13.0 Å². The number of hydrogen-bond acceptors (Lipinski definition) is 6. The van der Waals surface area contributed by atoms with E-state index in [0.29, 0.717) is 0 Å². The molecule has 3 N–H and O–H groups in total. The molecule has 0 saturated heterocycles. The van der Waals surface area contributed by atoms with E-state index in [1.807, 2.05) is 0 Å². The molecule has 3 atom stereocenters. The Morgan fingerprint density at radius 3 is 2.07 bits per heavy atom. The van der Waals surface area contributed by atoms with Crippen molar-refractivity contribution < 1.29 is 55.0 Å². The van der Waals surface area contributed by atoms with E-state index in [9.17, 15) is 41.1 Å². The summed E-state index contributed by atoms with van der Waals surface area (Å²) in [5, 5.41) is 6.31. The summed E-state index contributed by atoms with van der Waals surface area (Å²) in [5.74, 6) is -7.26. The number of benzene rings is 1. The molecular formula is C27H33F6N3O6. The number of hydrogen-bond donors (Lipinski definition) is 3. The lowest BCUT2D eigenvalue weighted by atomic mass is 9.81. The third-order valence-electron chi connectivity index (χ3n) is 6.60. The number of allylic oxidation sites excluding steroid dienone is 1.